The number of carbonyl (C=O) groups is 1. The van der Waals surface area contributed by atoms with Gasteiger partial charge in [0.25, 0.3) is 5.91 Å². The first-order chi connectivity index (χ1) is 10.8. The third-order valence-electron chi connectivity index (χ3n) is 4.10. The maximum Gasteiger partial charge on any atom is 0.273 e. The summed E-state index contributed by atoms with van der Waals surface area (Å²) in [6, 6.07) is 5.84. The standard InChI is InChI=1S/C15H20N6O/c16-8-11-4-3-6-13(11)18-15(22)14-10-21(20-19-14)9-12-5-1-2-7-17-12/h1-2,5,7,10-11,13H,3-4,6,8-9,16H2,(H,18,22). The van der Waals surface area contributed by atoms with E-state index in [4.69, 9.17) is 5.73 Å². The number of nitrogens with two attached hydrogens (primary N) is 1. The van der Waals surface area contributed by atoms with Crippen molar-refractivity contribution in [3.05, 3.63) is 42.0 Å². The fraction of sp³-hybridized carbons (Fsp3) is 0.467. The van der Waals surface area contributed by atoms with E-state index in [-0.39, 0.29) is 11.9 Å². The van der Waals surface area contributed by atoms with E-state index in [1.165, 1.54) is 0 Å². The molecule has 3 rings (SSSR count). The zero-order chi connectivity index (χ0) is 15.4. The Kier molecular flexibility index (Phi) is 4.43. The minimum absolute atomic E-state index is 0.151. The quantitative estimate of drug-likeness (QED) is 0.841. The minimum Gasteiger partial charge on any atom is -0.348 e. The number of pyridine rings is 1. The maximum absolute atomic E-state index is 12.2. The Bertz CT molecular complexity index is 626. The fourth-order valence-electron chi connectivity index (χ4n) is 2.89. The van der Waals surface area contributed by atoms with Crippen LogP contribution in [0.25, 0.3) is 0 Å². The summed E-state index contributed by atoms with van der Waals surface area (Å²) in [6.07, 6.45) is 6.55. The lowest BCUT2D eigenvalue weighted by atomic mass is 10.0. The van der Waals surface area contributed by atoms with Crippen LogP contribution in [-0.2, 0) is 6.54 Å². The highest BCUT2D eigenvalue weighted by molar-refractivity contribution is 5.92. The summed E-state index contributed by atoms with van der Waals surface area (Å²) < 4.78 is 1.62. The van der Waals surface area contributed by atoms with Crippen LogP contribution in [-0.4, -0.2) is 38.5 Å². The maximum atomic E-state index is 12.2. The molecule has 1 amide bonds. The van der Waals surface area contributed by atoms with Gasteiger partial charge in [0.2, 0.25) is 0 Å². The van der Waals surface area contributed by atoms with Crippen LogP contribution in [0.5, 0.6) is 0 Å². The molecule has 1 aliphatic rings. The SMILES string of the molecule is NCC1CCCC1NC(=O)c1cn(Cc2ccccn2)nn1. The molecule has 3 N–H and O–H groups in total. The summed E-state index contributed by atoms with van der Waals surface area (Å²) >= 11 is 0. The molecule has 116 valence electrons. The predicted octanol–water partition coefficient (Wildman–Crippen LogP) is 0.579. The molecular formula is C15H20N6O. The van der Waals surface area contributed by atoms with Gasteiger partial charge in [-0.2, -0.15) is 0 Å². The van der Waals surface area contributed by atoms with Crippen molar-refractivity contribution >= 4 is 5.91 Å². The number of hydrogen-bond donors (Lipinski definition) is 2. The summed E-state index contributed by atoms with van der Waals surface area (Å²) in [6.45, 7) is 1.10. The number of aromatic nitrogens is 4. The summed E-state index contributed by atoms with van der Waals surface area (Å²) in [5, 5.41) is 11.0. The molecule has 7 nitrogen and oxygen atoms in total. The Morgan fingerprint density at radius 1 is 1.41 bits per heavy atom. The monoisotopic (exact) mass is 300 g/mol. The Balaban J connectivity index is 1.62. The van der Waals surface area contributed by atoms with E-state index >= 15 is 0 Å². The molecule has 2 aromatic heterocycles. The highest BCUT2D eigenvalue weighted by Gasteiger charge is 2.28. The van der Waals surface area contributed by atoms with Crippen LogP contribution < -0.4 is 11.1 Å². The second-order valence-electron chi connectivity index (χ2n) is 5.63. The predicted molar refractivity (Wildman–Crippen MR) is 81.0 cm³/mol. The van der Waals surface area contributed by atoms with Crippen LogP contribution >= 0.6 is 0 Å². The molecule has 1 fully saturated rings. The summed E-state index contributed by atoms with van der Waals surface area (Å²) in [7, 11) is 0. The molecule has 0 aromatic carbocycles. The third-order valence-corrected chi connectivity index (χ3v) is 4.10. The molecular weight excluding hydrogens is 280 g/mol. The first kappa shape index (κ1) is 14.6. The van der Waals surface area contributed by atoms with Gasteiger partial charge in [0.05, 0.1) is 18.4 Å². The van der Waals surface area contributed by atoms with Crippen molar-refractivity contribution in [1.82, 2.24) is 25.3 Å². The molecule has 1 aliphatic carbocycles. The van der Waals surface area contributed by atoms with Crippen LogP contribution in [0.2, 0.25) is 0 Å². The highest BCUT2D eigenvalue weighted by Crippen LogP contribution is 2.24. The van der Waals surface area contributed by atoms with Crippen molar-refractivity contribution in [2.24, 2.45) is 11.7 Å². The lowest BCUT2D eigenvalue weighted by Crippen LogP contribution is -2.40. The Labute approximate surface area is 128 Å². The van der Waals surface area contributed by atoms with Gasteiger partial charge in [-0.05, 0) is 37.4 Å². The molecule has 2 atom stereocenters. The molecule has 1 saturated carbocycles. The van der Waals surface area contributed by atoms with E-state index in [1.807, 2.05) is 18.2 Å². The molecule has 0 spiro atoms. The number of carbonyl (C=O) groups excluding carboxylic acids is 1. The number of nitrogens with one attached hydrogen (secondary N) is 1. The van der Waals surface area contributed by atoms with Crippen molar-refractivity contribution in [3.63, 3.8) is 0 Å². The Morgan fingerprint density at radius 2 is 2.32 bits per heavy atom. The van der Waals surface area contributed by atoms with Crippen molar-refractivity contribution in [2.45, 2.75) is 31.8 Å². The van der Waals surface area contributed by atoms with Gasteiger partial charge in [-0.25, -0.2) is 4.68 Å². The lowest BCUT2D eigenvalue weighted by Gasteiger charge is -2.18. The largest absolute Gasteiger partial charge is 0.348 e. The van der Waals surface area contributed by atoms with Crippen molar-refractivity contribution in [2.75, 3.05) is 6.54 Å². The summed E-state index contributed by atoms with van der Waals surface area (Å²) in [5.41, 5.74) is 6.94. The molecule has 0 radical (unpaired) electrons. The number of rotatable bonds is 5. The van der Waals surface area contributed by atoms with Crippen LogP contribution in [0.1, 0.15) is 35.4 Å². The number of nitrogens with zero attached hydrogens (tertiary/aromatic N) is 4. The molecule has 0 aliphatic heterocycles. The molecule has 22 heavy (non-hydrogen) atoms. The fourth-order valence-corrected chi connectivity index (χ4v) is 2.89. The molecule has 0 bridgehead atoms. The van der Waals surface area contributed by atoms with E-state index in [9.17, 15) is 4.79 Å². The zero-order valence-electron chi connectivity index (χ0n) is 12.4. The molecule has 2 aromatic rings. The second-order valence-corrected chi connectivity index (χ2v) is 5.63. The van der Waals surface area contributed by atoms with Crippen LogP contribution in [0, 0.1) is 5.92 Å². The average Bonchev–Trinajstić information content (AvgIpc) is 3.17. The molecule has 2 unspecified atom stereocenters. The molecule has 0 saturated heterocycles. The van der Waals surface area contributed by atoms with Crippen molar-refractivity contribution in [1.29, 1.82) is 0 Å². The van der Waals surface area contributed by atoms with Crippen LogP contribution in [0.3, 0.4) is 0 Å². The van der Waals surface area contributed by atoms with Gasteiger partial charge in [-0.15, -0.1) is 5.10 Å². The topological polar surface area (TPSA) is 98.7 Å². The normalized spacial score (nSPS) is 21.0. The average molecular weight is 300 g/mol. The van der Waals surface area contributed by atoms with Gasteiger partial charge in [0.15, 0.2) is 5.69 Å². The minimum atomic E-state index is -0.183. The number of hydrogen-bond acceptors (Lipinski definition) is 5. The van der Waals surface area contributed by atoms with Gasteiger partial charge < -0.3 is 11.1 Å². The van der Waals surface area contributed by atoms with E-state index in [0.29, 0.717) is 24.7 Å². The van der Waals surface area contributed by atoms with E-state index in [1.54, 1.807) is 17.1 Å². The second kappa shape index (κ2) is 6.65. The Hall–Kier alpha value is -2.28. The third kappa shape index (κ3) is 3.30. The lowest BCUT2D eigenvalue weighted by molar-refractivity contribution is 0.0923. The Morgan fingerprint density at radius 3 is 3.09 bits per heavy atom. The van der Waals surface area contributed by atoms with Crippen LogP contribution in [0.4, 0.5) is 0 Å². The van der Waals surface area contributed by atoms with Gasteiger partial charge in [0, 0.05) is 12.2 Å². The van der Waals surface area contributed by atoms with Crippen molar-refractivity contribution < 1.29 is 4.79 Å². The smallest absolute Gasteiger partial charge is 0.273 e. The van der Waals surface area contributed by atoms with Crippen molar-refractivity contribution in [3.8, 4) is 0 Å². The van der Waals surface area contributed by atoms with Gasteiger partial charge in [-0.3, -0.25) is 9.78 Å². The van der Waals surface area contributed by atoms with E-state index < -0.39 is 0 Å². The zero-order valence-corrected chi connectivity index (χ0v) is 12.4. The van der Waals surface area contributed by atoms with Gasteiger partial charge >= 0.3 is 0 Å². The first-order valence-corrected chi connectivity index (χ1v) is 7.57. The summed E-state index contributed by atoms with van der Waals surface area (Å²) in [4.78, 5) is 16.5. The first-order valence-electron chi connectivity index (χ1n) is 7.57. The van der Waals surface area contributed by atoms with E-state index in [0.717, 1.165) is 25.0 Å². The highest BCUT2D eigenvalue weighted by atomic mass is 16.2. The molecule has 2 heterocycles. The van der Waals surface area contributed by atoms with Gasteiger partial charge in [0.1, 0.15) is 0 Å². The van der Waals surface area contributed by atoms with E-state index in [2.05, 4.69) is 20.6 Å². The van der Waals surface area contributed by atoms with Crippen LogP contribution in [0.15, 0.2) is 30.6 Å². The number of amides is 1. The summed E-state index contributed by atoms with van der Waals surface area (Å²) in [5.74, 6) is 0.185. The molecule has 7 heteroatoms. The van der Waals surface area contributed by atoms with Gasteiger partial charge in [-0.1, -0.05) is 17.7 Å².